The zero-order valence-electron chi connectivity index (χ0n) is 17.7. The fraction of sp³-hybridized carbons (Fsp3) is 0.458. The number of benzene rings is 2. The minimum absolute atomic E-state index is 0.153. The SMILES string of the molecule is Cc1cc(O)cc(C)c1C[C@H](Cc1cccc(NC(=O)C2CC2)c1C)N(C)C. The highest BCUT2D eigenvalue weighted by Crippen LogP contribution is 2.31. The maximum Gasteiger partial charge on any atom is 0.227 e. The molecule has 2 aromatic carbocycles. The Morgan fingerprint density at radius 1 is 1.14 bits per heavy atom. The van der Waals surface area contributed by atoms with Crippen LogP contribution in [-0.4, -0.2) is 36.1 Å². The molecule has 0 aromatic heterocycles. The molecule has 4 heteroatoms. The number of amides is 1. The summed E-state index contributed by atoms with van der Waals surface area (Å²) >= 11 is 0. The normalized spacial score (nSPS) is 14.9. The minimum atomic E-state index is 0.153. The Bertz CT molecular complexity index is 846. The number of carbonyl (C=O) groups is 1. The Morgan fingerprint density at radius 3 is 2.36 bits per heavy atom. The average Bonchev–Trinajstić information content (AvgIpc) is 3.44. The van der Waals surface area contributed by atoms with Crippen molar-refractivity contribution in [2.75, 3.05) is 19.4 Å². The standard InChI is InChI=1S/C24H32N2O2/c1-15-11-21(27)12-16(2)22(15)14-20(26(4)5)13-19-7-6-8-23(17(19)3)25-24(28)18-9-10-18/h6-8,11-12,18,20,27H,9-10,13-14H2,1-5H3,(H,25,28)/t20-/m0/s1. The van der Waals surface area contributed by atoms with Crippen molar-refractivity contribution in [2.45, 2.75) is 52.5 Å². The molecule has 1 amide bonds. The van der Waals surface area contributed by atoms with Gasteiger partial charge in [0.2, 0.25) is 5.91 Å². The van der Waals surface area contributed by atoms with E-state index < -0.39 is 0 Å². The number of hydrogen-bond acceptors (Lipinski definition) is 3. The highest BCUT2D eigenvalue weighted by Gasteiger charge is 2.30. The third kappa shape index (κ3) is 4.74. The van der Waals surface area contributed by atoms with Gasteiger partial charge in [-0.15, -0.1) is 0 Å². The van der Waals surface area contributed by atoms with Crippen LogP contribution in [0.2, 0.25) is 0 Å². The molecule has 0 unspecified atom stereocenters. The molecule has 0 bridgehead atoms. The first-order valence-corrected chi connectivity index (χ1v) is 10.1. The predicted octanol–water partition coefficient (Wildman–Crippen LogP) is 4.38. The smallest absolute Gasteiger partial charge is 0.227 e. The summed E-state index contributed by atoms with van der Waals surface area (Å²) < 4.78 is 0. The number of carbonyl (C=O) groups excluding carboxylic acids is 1. The van der Waals surface area contributed by atoms with Crippen LogP contribution in [0.5, 0.6) is 5.75 Å². The van der Waals surface area contributed by atoms with Gasteiger partial charge < -0.3 is 15.3 Å². The molecular formula is C24H32N2O2. The van der Waals surface area contributed by atoms with E-state index in [4.69, 9.17) is 0 Å². The lowest BCUT2D eigenvalue weighted by Gasteiger charge is -2.27. The van der Waals surface area contributed by atoms with Gasteiger partial charge in [0.15, 0.2) is 0 Å². The molecule has 0 radical (unpaired) electrons. The first-order chi connectivity index (χ1) is 13.3. The van der Waals surface area contributed by atoms with Gasteiger partial charge in [0.25, 0.3) is 0 Å². The molecule has 0 saturated heterocycles. The Kier molecular flexibility index (Phi) is 6.09. The first-order valence-electron chi connectivity index (χ1n) is 10.1. The molecule has 1 aliphatic rings. The number of anilines is 1. The van der Waals surface area contributed by atoms with Gasteiger partial charge in [-0.2, -0.15) is 0 Å². The quantitative estimate of drug-likeness (QED) is 0.749. The van der Waals surface area contributed by atoms with Crippen LogP contribution in [0.1, 0.15) is 40.7 Å². The van der Waals surface area contributed by atoms with Gasteiger partial charge in [0.05, 0.1) is 0 Å². The summed E-state index contributed by atoms with van der Waals surface area (Å²) in [5, 5.41) is 12.9. The molecule has 1 saturated carbocycles. The van der Waals surface area contributed by atoms with Crippen LogP contribution in [0.3, 0.4) is 0 Å². The summed E-state index contributed by atoms with van der Waals surface area (Å²) in [7, 11) is 4.23. The van der Waals surface area contributed by atoms with E-state index in [1.54, 1.807) is 0 Å². The Labute approximate surface area is 168 Å². The lowest BCUT2D eigenvalue weighted by Crippen LogP contribution is -2.33. The molecular weight excluding hydrogens is 348 g/mol. The number of rotatable bonds is 7. The van der Waals surface area contributed by atoms with E-state index in [-0.39, 0.29) is 11.8 Å². The number of phenols is 1. The monoisotopic (exact) mass is 380 g/mol. The fourth-order valence-corrected chi connectivity index (χ4v) is 3.84. The average molecular weight is 381 g/mol. The molecule has 150 valence electrons. The van der Waals surface area contributed by atoms with Crippen molar-refractivity contribution in [1.29, 1.82) is 0 Å². The summed E-state index contributed by atoms with van der Waals surface area (Å²) in [6.07, 6.45) is 3.85. The van der Waals surface area contributed by atoms with Crippen LogP contribution >= 0.6 is 0 Å². The molecule has 28 heavy (non-hydrogen) atoms. The molecule has 0 heterocycles. The second-order valence-electron chi connectivity index (χ2n) is 8.44. The summed E-state index contributed by atoms with van der Waals surface area (Å²) in [5.41, 5.74) is 6.91. The number of aryl methyl sites for hydroxylation is 2. The fourth-order valence-electron chi connectivity index (χ4n) is 3.84. The molecule has 2 N–H and O–H groups in total. The molecule has 1 aliphatic carbocycles. The maximum atomic E-state index is 12.2. The van der Waals surface area contributed by atoms with Crippen molar-refractivity contribution in [1.82, 2.24) is 4.90 Å². The van der Waals surface area contributed by atoms with Gasteiger partial charge in [0.1, 0.15) is 5.75 Å². The summed E-state index contributed by atoms with van der Waals surface area (Å²) in [5.74, 6) is 0.688. The zero-order valence-corrected chi connectivity index (χ0v) is 17.7. The van der Waals surface area contributed by atoms with Gasteiger partial charge in [-0.1, -0.05) is 12.1 Å². The summed E-state index contributed by atoms with van der Waals surface area (Å²) in [4.78, 5) is 14.4. The number of hydrogen-bond donors (Lipinski definition) is 2. The number of aromatic hydroxyl groups is 1. The van der Waals surface area contributed by atoms with E-state index in [2.05, 4.69) is 51.1 Å². The molecule has 1 fully saturated rings. The van der Waals surface area contributed by atoms with E-state index >= 15 is 0 Å². The van der Waals surface area contributed by atoms with Crippen molar-refractivity contribution in [3.63, 3.8) is 0 Å². The van der Waals surface area contributed by atoms with Crippen molar-refractivity contribution >= 4 is 11.6 Å². The lowest BCUT2D eigenvalue weighted by molar-refractivity contribution is -0.117. The van der Waals surface area contributed by atoms with Gasteiger partial charge in [-0.25, -0.2) is 0 Å². The number of nitrogens with one attached hydrogen (secondary N) is 1. The van der Waals surface area contributed by atoms with Crippen molar-refractivity contribution in [3.8, 4) is 5.75 Å². The van der Waals surface area contributed by atoms with E-state index in [0.29, 0.717) is 11.8 Å². The molecule has 4 nitrogen and oxygen atoms in total. The van der Waals surface area contributed by atoms with Crippen LogP contribution in [0, 0.1) is 26.7 Å². The third-order valence-electron chi connectivity index (χ3n) is 5.96. The highest BCUT2D eigenvalue weighted by atomic mass is 16.3. The summed E-state index contributed by atoms with van der Waals surface area (Å²) in [6.45, 7) is 6.23. The summed E-state index contributed by atoms with van der Waals surface area (Å²) in [6, 6.07) is 10.2. The Morgan fingerprint density at radius 2 is 1.79 bits per heavy atom. The van der Waals surface area contributed by atoms with Gasteiger partial charge in [-0.05, 0) is 107 Å². The Hall–Kier alpha value is -2.33. The topological polar surface area (TPSA) is 52.6 Å². The lowest BCUT2D eigenvalue weighted by atomic mass is 9.91. The number of likely N-dealkylation sites (N-methyl/N-ethyl adjacent to an activating group) is 1. The van der Waals surface area contributed by atoms with Crippen molar-refractivity contribution < 1.29 is 9.90 Å². The molecule has 1 atom stereocenters. The minimum Gasteiger partial charge on any atom is -0.508 e. The first kappa shape index (κ1) is 20.4. The molecule has 0 aliphatic heterocycles. The van der Waals surface area contributed by atoms with E-state index in [1.807, 2.05) is 24.3 Å². The molecule has 0 spiro atoms. The second kappa shape index (κ2) is 8.36. The van der Waals surface area contributed by atoms with Crippen LogP contribution in [0.4, 0.5) is 5.69 Å². The maximum absolute atomic E-state index is 12.2. The van der Waals surface area contributed by atoms with Crippen LogP contribution in [0.25, 0.3) is 0 Å². The van der Waals surface area contributed by atoms with Crippen LogP contribution in [-0.2, 0) is 17.6 Å². The van der Waals surface area contributed by atoms with Crippen LogP contribution in [0.15, 0.2) is 30.3 Å². The van der Waals surface area contributed by atoms with Gasteiger partial charge >= 0.3 is 0 Å². The second-order valence-corrected chi connectivity index (χ2v) is 8.44. The van der Waals surface area contributed by atoms with E-state index in [1.165, 1.54) is 11.1 Å². The zero-order chi connectivity index (χ0) is 20.4. The number of phenolic OH excluding ortho intramolecular Hbond substituents is 1. The van der Waals surface area contributed by atoms with E-state index in [9.17, 15) is 9.90 Å². The number of nitrogens with zero attached hydrogens (tertiary/aromatic N) is 1. The largest absolute Gasteiger partial charge is 0.508 e. The molecule has 3 rings (SSSR count). The van der Waals surface area contributed by atoms with Crippen molar-refractivity contribution in [2.24, 2.45) is 5.92 Å². The van der Waals surface area contributed by atoms with Crippen molar-refractivity contribution in [3.05, 3.63) is 58.1 Å². The predicted molar refractivity (Wildman–Crippen MR) is 115 cm³/mol. The Balaban J connectivity index is 1.80. The molecule has 2 aromatic rings. The third-order valence-corrected chi connectivity index (χ3v) is 5.96. The van der Waals surface area contributed by atoms with Gasteiger partial charge in [-0.3, -0.25) is 4.79 Å². The van der Waals surface area contributed by atoms with Crippen LogP contribution < -0.4 is 5.32 Å². The highest BCUT2D eigenvalue weighted by molar-refractivity contribution is 5.94. The van der Waals surface area contributed by atoms with Gasteiger partial charge in [0, 0.05) is 17.6 Å². The van der Waals surface area contributed by atoms with E-state index in [0.717, 1.165) is 48.1 Å².